The first-order valence-corrected chi connectivity index (χ1v) is 17.3. The standard InChI is InChI=1S/C37H60N4O4/c1-9-10-17-31(33(42)38-30-24-36(5,6)41(45)37(7,8)25-30)39-34(43)32-18-14-21-40(32)35(44)29(20-19-27(4)22-26(2)3)23-28-15-12-11-13-16-28/h11-13,15-16,19-20,26-27,29-32,45H,9-10,14,17-18,21-25H2,1-8H3,(H,38,42)(H,39,43)/b20-19+/t27-,29-,31+,32+/m1/s1. The first-order chi connectivity index (χ1) is 21.1. The second kappa shape index (κ2) is 16.2. The van der Waals surface area contributed by atoms with Gasteiger partial charge in [-0.25, -0.2) is 0 Å². The van der Waals surface area contributed by atoms with Crippen LogP contribution < -0.4 is 10.6 Å². The summed E-state index contributed by atoms with van der Waals surface area (Å²) in [5.41, 5.74) is 0.0974. The lowest BCUT2D eigenvalue weighted by molar-refractivity contribution is -0.246. The number of benzene rings is 1. The minimum Gasteiger partial charge on any atom is -0.351 e. The fourth-order valence-corrected chi connectivity index (χ4v) is 7.39. The number of amides is 3. The minimum absolute atomic E-state index is 0.0284. The van der Waals surface area contributed by atoms with Gasteiger partial charge in [-0.15, -0.1) is 0 Å². The molecule has 2 aliphatic rings. The van der Waals surface area contributed by atoms with E-state index >= 15 is 0 Å². The maximum absolute atomic E-state index is 14.1. The molecule has 2 fully saturated rings. The molecule has 0 radical (unpaired) electrons. The molecular weight excluding hydrogens is 564 g/mol. The Labute approximate surface area is 272 Å². The molecule has 45 heavy (non-hydrogen) atoms. The molecule has 8 nitrogen and oxygen atoms in total. The molecule has 3 amide bonds. The summed E-state index contributed by atoms with van der Waals surface area (Å²) in [5.74, 6) is 0.0847. The quantitative estimate of drug-likeness (QED) is 0.212. The number of hydrogen-bond donors (Lipinski definition) is 3. The predicted octanol–water partition coefficient (Wildman–Crippen LogP) is 6.28. The highest BCUT2D eigenvalue weighted by Gasteiger charge is 2.46. The molecule has 2 aliphatic heterocycles. The van der Waals surface area contributed by atoms with Gasteiger partial charge in [0.2, 0.25) is 17.7 Å². The van der Waals surface area contributed by atoms with Gasteiger partial charge >= 0.3 is 0 Å². The van der Waals surface area contributed by atoms with E-state index in [9.17, 15) is 19.6 Å². The number of nitrogens with one attached hydrogen (secondary N) is 2. The van der Waals surface area contributed by atoms with Crippen molar-refractivity contribution >= 4 is 17.7 Å². The number of carbonyl (C=O) groups is 3. The summed E-state index contributed by atoms with van der Waals surface area (Å²) in [5, 5.41) is 18.3. The smallest absolute Gasteiger partial charge is 0.243 e. The molecule has 0 aliphatic carbocycles. The third-order valence-corrected chi connectivity index (χ3v) is 9.43. The Kier molecular flexibility index (Phi) is 13.2. The predicted molar refractivity (Wildman–Crippen MR) is 181 cm³/mol. The molecule has 3 N–H and O–H groups in total. The fraction of sp³-hybridized carbons (Fsp3) is 0.703. The SMILES string of the molecule is CCCC[C@H](NC(=O)[C@@H]1CCCN1C(=O)[C@H](/C=C/[C@@H](C)CC(C)C)Cc1ccccc1)C(=O)NC1CC(C)(C)N(O)C(C)(C)C1. The van der Waals surface area contributed by atoms with Crippen molar-refractivity contribution in [2.24, 2.45) is 17.8 Å². The number of piperidine rings is 1. The van der Waals surface area contributed by atoms with Crippen LogP contribution in [0.1, 0.15) is 112 Å². The summed E-state index contributed by atoms with van der Waals surface area (Å²) in [4.78, 5) is 43.3. The van der Waals surface area contributed by atoms with Gasteiger partial charge in [0.05, 0.1) is 5.92 Å². The summed E-state index contributed by atoms with van der Waals surface area (Å²) >= 11 is 0. The number of unbranched alkanes of at least 4 members (excludes halogenated alkanes) is 1. The number of nitrogens with zero attached hydrogens (tertiary/aromatic N) is 2. The molecule has 1 aromatic rings. The van der Waals surface area contributed by atoms with Crippen LogP contribution in [0.3, 0.4) is 0 Å². The van der Waals surface area contributed by atoms with Crippen LogP contribution in [0.2, 0.25) is 0 Å². The molecule has 1 aromatic carbocycles. The van der Waals surface area contributed by atoms with Crippen molar-refractivity contribution in [3.8, 4) is 0 Å². The van der Waals surface area contributed by atoms with Crippen LogP contribution in [-0.2, 0) is 20.8 Å². The average molecular weight is 625 g/mol. The van der Waals surface area contributed by atoms with Gasteiger partial charge in [-0.3, -0.25) is 14.4 Å². The van der Waals surface area contributed by atoms with E-state index in [2.05, 4.69) is 44.4 Å². The molecule has 2 saturated heterocycles. The van der Waals surface area contributed by atoms with E-state index in [4.69, 9.17) is 0 Å². The Bertz CT molecular complexity index is 1130. The zero-order chi connectivity index (χ0) is 33.4. The maximum Gasteiger partial charge on any atom is 0.243 e. The lowest BCUT2D eigenvalue weighted by atomic mass is 9.79. The van der Waals surface area contributed by atoms with E-state index in [1.807, 2.05) is 64.1 Å². The Morgan fingerprint density at radius 2 is 1.67 bits per heavy atom. The Hall–Kier alpha value is -2.71. The molecule has 0 aromatic heterocycles. The van der Waals surface area contributed by atoms with Crippen LogP contribution >= 0.6 is 0 Å². The second-order valence-corrected chi connectivity index (χ2v) is 15.2. The number of rotatable bonds is 14. The van der Waals surface area contributed by atoms with Crippen molar-refractivity contribution in [2.45, 2.75) is 142 Å². The highest BCUT2D eigenvalue weighted by atomic mass is 16.5. The molecule has 0 unspecified atom stereocenters. The number of allylic oxidation sites excluding steroid dienone is 1. The van der Waals surface area contributed by atoms with Crippen molar-refractivity contribution in [1.82, 2.24) is 20.6 Å². The highest BCUT2D eigenvalue weighted by molar-refractivity contribution is 5.93. The van der Waals surface area contributed by atoms with Gasteiger partial charge in [0, 0.05) is 23.7 Å². The topological polar surface area (TPSA) is 102 Å². The Morgan fingerprint density at radius 3 is 2.27 bits per heavy atom. The van der Waals surface area contributed by atoms with Gasteiger partial charge < -0.3 is 20.7 Å². The zero-order valence-corrected chi connectivity index (χ0v) is 29.1. The molecule has 3 rings (SSSR count). The van der Waals surface area contributed by atoms with E-state index in [0.717, 1.165) is 31.2 Å². The molecule has 0 bridgehead atoms. The Balaban J connectivity index is 1.74. The van der Waals surface area contributed by atoms with Crippen LogP contribution in [-0.4, -0.2) is 68.6 Å². The second-order valence-electron chi connectivity index (χ2n) is 15.2. The number of likely N-dealkylation sites (tertiary alicyclic amines) is 1. The molecule has 4 atom stereocenters. The molecule has 0 saturated carbocycles. The van der Waals surface area contributed by atoms with E-state index in [1.165, 1.54) is 5.06 Å². The van der Waals surface area contributed by atoms with Gasteiger partial charge in [0.1, 0.15) is 12.1 Å². The number of hydrogen-bond acceptors (Lipinski definition) is 5. The summed E-state index contributed by atoms with van der Waals surface area (Å²) in [6.45, 7) is 17.1. The van der Waals surface area contributed by atoms with Crippen LogP contribution in [0, 0.1) is 17.8 Å². The largest absolute Gasteiger partial charge is 0.351 e. The molecule has 2 heterocycles. The monoisotopic (exact) mass is 624 g/mol. The number of hydroxylamine groups is 2. The normalized spacial score (nSPS) is 22.4. The van der Waals surface area contributed by atoms with E-state index < -0.39 is 23.2 Å². The first-order valence-electron chi connectivity index (χ1n) is 17.3. The van der Waals surface area contributed by atoms with E-state index in [-0.39, 0.29) is 29.7 Å². The lowest BCUT2D eigenvalue weighted by Crippen LogP contribution is -2.64. The lowest BCUT2D eigenvalue weighted by Gasteiger charge is -2.51. The highest BCUT2D eigenvalue weighted by Crippen LogP contribution is 2.36. The zero-order valence-electron chi connectivity index (χ0n) is 29.1. The summed E-state index contributed by atoms with van der Waals surface area (Å²) in [6, 6.07) is 8.65. The summed E-state index contributed by atoms with van der Waals surface area (Å²) in [6.07, 6.45) is 10.6. The van der Waals surface area contributed by atoms with Gasteiger partial charge in [-0.1, -0.05) is 83.0 Å². The van der Waals surface area contributed by atoms with Crippen molar-refractivity contribution in [3.63, 3.8) is 0 Å². The minimum atomic E-state index is -0.676. The molecular formula is C37H60N4O4. The average Bonchev–Trinajstić information content (AvgIpc) is 3.46. The van der Waals surface area contributed by atoms with Crippen molar-refractivity contribution < 1.29 is 19.6 Å². The third-order valence-electron chi connectivity index (χ3n) is 9.43. The summed E-state index contributed by atoms with van der Waals surface area (Å²) in [7, 11) is 0. The van der Waals surface area contributed by atoms with E-state index in [1.54, 1.807) is 4.90 Å². The van der Waals surface area contributed by atoms with Crippen LogP contribution in [0.5, 0.6) is 0 Å². The number of carbonyl (C=O) groups excluding carboxylic acids is 3. The van der Waals surface area contributed by atoms with Gasteiger partial charge in [0.15, 0.2) is 0 Å². The van der Waals surface area contributed by atoms with Crippen molar-refractivity contribution in [2.75, 3.05) is 6.54 Å². The van der Waals surface area contributed by atoms with Gasteiger partial charge in [-0.05, 0) is 90.0 Å². The van der Waals surface area contributed by atoms with Crippen molar-refractivity contribution in [1.29, 1.82) is 0 Å². The van der Waals surface area contributed by atoms with Crippen LogP contribution in [0.4, 0.5) is 0 Å². The first kappa shape index (κ1) is 36.8. The molecule has 252 valence electrons. The van der Waals surface area contributed by atoms with Gasteiger partial charge in [-0.2, -0.15) is 5.06 Å². The fourth-order valence-electron chi connectivity index (χ4n) is 7.39. The maximum atomic E-state index is 14.1. The third kappa shape index (κ3) is 10.4. The van der Waals surface area contributed by atoms with Crippen molar-refractivity contribution in [3.05, 3.63) is 48.0 Å². The van der Waals surface area contributed by atoms with Crippen LogP contribution in [0.15, 0.2) is 42.5 Å². The van der Waals surface area contributed by atoms with E-state index in [0.29, 0.717) is 50.5 Å². The van der Waals surface area contributed by atoms with Gasteiger partial charge in [0.25, 0.3) is 0 Å². The molecule has 8 heteroatoms. The Morgan fingerprint density at radius 1 is 1.02 bits per heavy atom. The molecule has 0 spiro atoms. The summed E-state index contributed by atoms with van der Waals surface area (Å²) < 4.78 is 0. The van der Waals surface area contributed by atoms with Crippen LogP contribution in [0.25, 0.3) is 0 Å².